The molecule has 0 fully saturated rings. The molecule has 0 aliphatic rings. The number of nitriles is 1. The lowest BCUT2D eigenvalue weighted by Gasteiger charge is -2.11. The molecule has 0 spiro atoms. The first-order chi connectivity index (χ1) is 11.7. The number of nitrogens with two attached hydrogens (primary N) is 1. The van der Waals surface area contributed by atoms with Gasteiger partial charge in [-0.25, -0.2) is 4.98 Å². The molecule has 0 amide bonds. The largest absolute Gasteiger partial charge is 0.494 e. The predicted molar refractivity (Wildman–Crippen MR) is 95.4 cm³/mol. The average Bonchev–Trinajstić information content (AvgIpc) is 2.63. The number of nitrogens with zero attached hydrogens (tertiary/aromatic N) is 2. The Balaban J connectivity index is 2.12. The summed E-state index contributed by atoms with van der Waals surface area (Å²) < 4.78 is 5.47. The van der Waals surface area contributed by atoms with Crippen LogP contribution in [0.4, 0.5) is 5.82 Å². The molecule has 0 unspecified atom stereocenters. The van der Waals surface area contributed by atoms with Gasteiger partial charge in [-0.15, -0.1) is 0 Å². The Morgan fingerprint density at radius 1 is 1.04 bits per heavy atom. The number of ether oxygens (including phenoxy) is 1. The molecule has 0 aliphatic carbocycles. The van der Waals surface area contributed by atoms with E-state index in [9.17, 15) is 5.26 Å². The maximum Gasteiger partial charge on any atom is 0.142 e. The predicted octanol–water partition coefficient (Wildman–Crippen LogP) is 4.27. The summed E-state index contributed by atoms with van der Waals surface area (Å²) in [5, 5.41) is 9.47. The van der Waals surface area contributed by atoms with Gasteiger partial charge in [-0.3, -0.25) is 0 Å². The number of aromatic nitrogens is 1. The summed E-state index contributed by atoms with van der Waals surface area (Å²) in [6.45, 7) is 2.56. The SMILES string of the molecule is CCOc1ccc(-c2cc(-c3ccccc3)nc(N)c2C#N)cc1. The third-order valence-corrected chi connectivity index (χ3v) is 3.71. The number of rotatable bonds is 4. The van der Waals surface area contributed by atoms with E-state index in [2.05, 4.69) is 11.1 Å². The highest BCUT2D eigenvalue weighted by Crippen LogP contribution is 2.32. The maximum absolute atomic E-state index is 9.47. The van der Waals surface area contributed by atoms with Gasteiger partial charge in [0.25, 0.3) is 0 Å². The molecule has 0 aliphatic heterocycles. The van der Waals surface area contributed by atoms with Crippen molar-refractivity contribution in [2.45, 2.75) is 6.92 Å². The Bertz CT molecular complexity index is 881. The molecule has 1 heterocycles. The molecule has 24 heavy (non-hydrogen) atoms. The Kier molecular flexibility index (Phi) is 4.44. The van der Waals surface area contributed by atoms with Crippen LogP contribution in [0.3, 0.4) is 0 Å². The van der Waals surface area contributed by atoms with Gasteiger partial charge >= 0.3 is 0 Å². The summed E-state index contributed by atoms with van der Waals surface area (Å²) in [7, 11) is 0. The van der Waals surface area contributed by atoms with Crippen LogP contribution in [0, 0.1) is 11.3 Å². The normalized spacial score (nSPS) is 10.2. The van der Waals surface area contributed by atoms with Crippen molar-refractivity contribution in [3.8, 4) is 34.2 Å². The van der Waals surface area contributed by atoms with E-state index >= 15 is 0 Å². The summed E-state index contributed by atoms with van der Waals surface area (Å²) in [5.74, 6) is 1.04. The maximum atomic E-state index is 9.47. The van der Waals surface area contributed by atoms with E-state index in [0.717, 1.165) is 28.1 Å². The van der Waals surface area contributed by atoms with E-state index in [0.29, 0.717) is 12.2 Å². The zero-order valence-corrected chi connectivity index (χ0v) is 13.4. The minimum atomic E-state index is 0.239. The van der Waals surface area contributed by atoms with Crippen molar-refractivity contribution < 1.29 is 4.74 Å². The molecule has 0 saturated heterocycles. The highest BCUT2D eigenvalue weighted by atomic mass is 16.5. The van der Waals surface area contributed by atoms with Crippen LogP contribution < -0.4 is 10.5 Å². The standard InChI is InChI=1S/C20H17N3O/c1-2-24-16-10-8-14(9-11-16)17-12-19(15-6-4-3-5-7-15)23-20(22)18(17)13-21/h3-12H,2H2,1H3,(H2,22,23). The molecule has 4 nitrogen and oxygen atoms in total. The van der Waals surface area contributed by atoms with Crippen LogP contribution in [-0.2, 0) is 0 Å². The average molecular weight is 315 g/mol. The van der Waals surface area contributed by atoms with Gasteiger partial charge in [0.05, 0.1) is 12.3 Å². The molecule has 1 aromatic heterocycles. The number of nitrogen functional groups attached to an aromatic ring is 1. The summed E-state index contributed by atoms with van der Waals surface area (Å²) in [6.07, 6.45) is 0. The monoisotopic (exact) mass is 315 g/mol. The van der Waals surface area contributed by atoms with Crippen molar-refractivity contribution in [2.75, 3.05) is 12.3 Å². The van der Waals surface area contributed by atoms with Gasteiger partial charge in [-0.1, -0.05) is 42.5 Å². The van der Waals surface area contributed by atoms with E-state index in [1.165, 1.54) is 0 Å². The van der Waals surface area contributed by atoms with Crippen molar-refractivity contribution in [1.82, 2.24) is 4.98 Å². The smallest absolute Gasteiger partial charge is 0.142 e. The Morgan fingerprint density at radius 3 is 2.38 bits per heavy atom. The third kappa shape index (κ3) is 3.06. The zero-order chi connectivity index (χ0) is 16.9. The fraction of sp³-hybridized carbons (Fsp3) is 0.100. The molecule has 118 valence electrons. The lowest BCUT2D eigenvalue weighted by atomic mass is 9.98. The number of hydrogen-bond acceptors (Lipinski definition) is 4. The van der Waals surface area contributed by atoms with Crippen LogP contribution in [0.1, 0.15) is 12.5 Å². The van der Waals surface area contributed by atoms with E-state index in [-0.39, 0.29) is 5.82 Å². The highest BCUT2D eigenvalue weighted by Gasteiger charge is 2.13. The molecule has 0 radical (unpaired) electrons. The molecular weight excluding hydrogens is 298 g/mol. The van der Waals surface area contributed by atoms with Gasteiger partial charge in [0, 0.05) is 11.1 Å². The minimum absolute atomic E-state index is 0.239. The second-order valence-corrected chi connectivity index (χ2v) is 5.25. The minimum Gasteiger partial charge on any atom is -0.494 e. The van der Waals surface area contributed by atoms with Gasteiger partial charge in [0.1, 0.15) is 23.2 Å². The molecule has 0 atom stereocenters. The fourth-order valence-corrected chi connectivity index (χ4v) is 2.56. The second-order valence-electron chi connectivity index (χ2n) is 5.25. The van der Waals surface area contributed by atoms with Gasteiger partial charge < -0.3 is 10.5 Å². The Labute approximate surface area is 141 Å². The molecule has 2 N–H and O–H groups in total. The van der Waals surface area contributed by atoms with Crippen LogP contribution in [0.5, 0.6) is 5.75 Å². The highest BCUT2D eigenvalue weighted by molar-refractivity contribution is 5.80. The van der Waals surface area contributed by atoms with Crippen molar-refractivity contribution in [3.05, 3.63) is 66.2 Å². The number of hydrogen-bond donors (Lipinski definition) is 1. The van der Waals surface area contributed by atoms with E-state index in [4.69, 9.17) is 10.5 Å². The molecule has 4 heteroatoms. The Hall–Kier alpha value is -3.32. The molecule has 3 rings (SSSR count). The van der Waals surface area contributed by atoms with E-state index in [1.54, 1.807) is 0 Å². The van der Waals surface area contributed by atoms with Crippen LogP contribution >= 0.6 is 0 Å². The topological polar surface area (TPSA) is 71.9 Å². The fourth-order valence-electron chi connectivity index (χ4n) is 2.56. The van der Waals surface area contributed by atoms with Crippen molar-refractivity contribution in [3.63, 3.8) is 0 Å². The van der Waals surface area contributed by atoms with Gasteiger partial charge in [0.15, 0.2) is 0 Å². The van der Waals surface area contributed by atoms with Crippen LogP contribution in [0.2, 0.25) is 0 Å². The van der Waals surface area contributed by atoms with Crippen molar-refractivity contribution >= 4 is 5.82 Å². The number of benzene rings is 2. The van der Waals surface area contributed by atoms with E-state index < -0.39 is 0 Å². The van der Waals surface area contributed by atoms with Crippen molar-refractivity contribution in [1.29, 1.82) is 5.26 Å². The van der Waals surface area contributed by atoms with Crippen LogP contribution in [-0.4, -0.2) is 11.6 Å². The molecule has 0 saturated carbocycles. The molecule has 0 bridgehead atoms. The second kappa shape index (κ2) is 6.84. The van der Waals surface area contributed by atoms with Crippen molar-refractivity contribution in [2.24, 2.45) is 0 Å². The zero-order valence-electron chi connectivity index (χ0n) is 13.4. The van der Waals surface area contributed by atoms with Gasteiger partial charge in [-0.05, 0) is 30.7 Å². The first kappa shape index (κ1) is 15.6. The quantitative estimate of drug-likeness (QED) is 0.780. The van der Waals surface area contributed by atoms with Gasteiger partial charge in [-0.2, -0.15) is 5.26 Å². The lowest BCUT2D eigenvalue weighted by Crippen LogP contribution is -2.00. The number of pyridine rings is 1. The lowest BCUT2D eigenvalue weighted by molar-refractivity contribution is 0.340. The summed E-state index contributed by atoms with van der Waals surface area (Å²) in [6, 6.07) is 21.5. The van der Waals surface area contributed by atoms with Crippen LogP contribution in [0.25, 0.3) is 22.4 Å². The Morgan fingerprint density at radius 2 is 1.75 bits per heavy atom. The first-order valence-electron chi connectivity index (χ1n) is 7.72. The molecule has 3 aromatic rings. The summed E-state index contributed by atoms with van der Waals surface area (Å²) in [4.78, 5) is 4.38. The van der Waals surface area contributed by atoms with E-state index in [1.807, 2.05) is 67.6 Å². The molecule has 2 aromatic carbocycles. The summed E-state index contributed by atoms with van der Waals surface area (Å²) in [5.41, 5.74) is 9.79. The first-order valence-corrected chi connectivity index (χ1v) is 7.72. The summed E-state index contributed by atoms with van der Waals surface area (Å²) >= 11 is 0. The number of anilines is 1. The third-order valence-electron chi connectivity index (χ3n) is 3.71. The van der Waals surface area contributed by atoms with Crippen LogP contribution in [0.15, 0.2) is 60.7 Å². The molecular formula is C20H17N3O. The van der Waals surface area contributed by atoms with Gasteiger partial charge in [0.2, 0.25) is 0 Å².